The van der Waals surface area contributed by atoms with Crippen molar-refractivity contribution >= 4 is 23.7 Å². The first kappa shape index (κ1) is 14.7. The number of fused-ring (bicyclic) bond motifs is 1. The van der Waals surface area contributed by atoms with Gasteiger partial charge < -0.3 is 10.8 Å². The van der Waals surface area contributed by atoms with Gasteiger partial charge in [0.15, 0.2) is 0 Å². The molecule has 1 aliphatic heterocycles. The summed E-state index contributed by atoms with van der Waals surface area (Å²) in [5, 5.41) is 8.79. The molecule has 2 rings (SSSR count). The van der Waals surface area contributed by atoms with Crippen molar-refractivity contribution in [2.24, 2.45) is 5.73 Å². The second-order valence-corrected chi connectivity index (χ2v) is 4.57. The van der Waals surface area contributed by atoms with Crippen molar-refractivity contribution in [3.63, 3.8) is 0 Å². The van der Waals surface area contributed by atoms with Crippen LogP contribution in [0.5, 0.6) is 0 Å². The van der Waals surface area contributed by atoms with Gasteiger partial charge >= 0.3 is 5.97 Å². The third-order valence-electron chi connectivity index (χ3n) is 2.96. The van der Waals surface area contributed by atoms with Crippen molar-refractivity contribution < 1.29 is 24.3 Å². The van der Waals surface area contributed by atoms with Crippen molar-refractivity contribution in [2.75, 3.05) is 19.8 Å². The zero-order chi connectivity index (χ0) is 15.6. The molecule has 0 saturated heterocycles. The van der Waals surface area contributed by atoms with Crippen LogP contribution in [0.4, 0.5) is 0 Å². The van der Waals surface area contributed by atoms with Crippen LogP contribution in [0.2, 0.25) is 0 Å². The van der Waals surface area contributed by atoms with E-state index in [2.05, 4.69) is 0 Å². The number of amides is 3. The molecule has 0 saturated carbocycles. The number of hydrogen-bond acceptors (Lipinski definition) is 5. The van der Waals surface area contributed by atoms with E-state index in [1.54, 1.807) is 12.1 Å². The smallest absolute Gasteiger partial charge is 0.317 e. The van der Waals surface area contributed by atoms with Gasteiger partial charge in [0.25, 0.3) is 11.8 Å². The molecule has 8 heteroatoms. The van der Waals surface area contributed by atoms with Gasteiger partial charge in [-0.1, -0.05) is 12.1 Å². The largest absolute Gasteiger partial charge is 0.480 e. The molecule has 1 heterocycles. The Bertz CT molecular complexity index is 577. The molecule has 1 aromatic rings. The molecular weight excluding hydrogens is 278 g/mol. The molecule has 1 aromatic carbocycles. The summed E-state index contributed by atoms with van der Waals surface area (Å²) < 4.78 is 0. The molecule has 3 amide bonds. The van der Waals surface area contributed by atoms with Crippen LogP contribution in [0, 0.1) is 0 Å². The highest BCUT2D eigenvalue weighted by atomic mass is 16.4. The van der Waals surface area contributed by atoms with E-state index in [9.17, 15) is 19.2 Å². The Hall–Kier alpha value is -2.74. The Balaban J connectivity index is 2.18. The van der Waals surface area contributed by atoms with E-state index in [4.69, 9.17) is 10.8 Å². The number of imide groups is 1. The standard InChI is InChI=1S/C13H13N3O5/c14-10(17)5-15(6-11(18)19)7-16-12(20)8-3-1-2-4-9(8)13(16)21/h1-4H,5-7H2,(H2,14,17)(H,18,19). The van der Waals surface area contributed by atoms with E-state index in [1.165, 1.54) is 12.1 Å². The number of benzene rings is 1. The van der Waals surface area contributed by atoms with Crippen LogP contribution in [0.25, 0.3) is 0 Å². The second-order valence-electron chi connectivity index (χ2n) is 4.57. The molecule has 21 heavy (non-hydrogen) atoms. The van der Waals surface area contributed by atoms with Crippen LogP contribution < -0.4 is 5.73 Å². The number of carboxylic acid groups (broad SMARTS) is 1. The Morgan fingerprint density at radius 1 is 1.10 bits per heavy atom. The maximum absolute atomic E-state index is 12.1. The average molecular weight is 291 g/mol. The lowest BCUT2D eigenvalue weighted by molar-refractivity contribution is -0.139. The number of hydrogen-bond donors (Lipinski definition) is 2. The summed E-state index contributed by atoms with van der Waals surface area (Å²) in [6, 6.07) is 6.30. The summed E-state index contributed by atoms with van der Waals surface area (Å²) in [6.07, 6.45) is 0. The van der Waals surface area contributed by atoms with Crippen molar-refractivity contribution in [3.05, 3.63) is 35.4 Å². The number of carboxylic acids is 1. The maximum Gasteiger partial charge on any atom is 0.317 e. The Labute approximate surface area is 119 Å². The van der Waals surface area contributed by atoms with Crippen LogP contribution in [0.3, 0.4) is 0 Å². The number of nitrogens with zero attached hydrogens (tertiary/aromatic N) is 2. The molecule has 0 spiro atoms. The minimum atomic E-state index is -1.19. The molecule has 0 aliphatic carbocycles. The topological polar surface area (TPSA) is 121 Å². The SMILES string of the molecule is NC(=O)CN(CC(=O)O)CN1C(=O)c2ccccc2C1=O. The van der Waals surface area contributed by atoms with Crippen LogP contribution in [-0.2, 0) is 9.59 Å². The fourth-order valence-electron chi connectivity index (χ4n) is 2.14. The van der Waals surface area contributed by atoms with E-state index < -0.39 is 30.2 Å². The van der Waals surface area contributed by atoms with Crippen LogP contribution >= 0.6 is 0 Å². The van der Waals surface area contributed by atoms with E-state index in [-0.39, 0.29) is 24.3 Å². The minimum Gasteiger partial charge on any atom is -0.480 e. The van der Waals surface area contributed by atoms with Crippen LogP contribution in [0.1, 0.15) is 20.7 Å². The minimum absolute atomic E-state index is 0.261. The zero-order valence-corrected chi connectivity index (χ0v) is 11.0. The third kappa shape index (κ3) is 3.06. The zero-order valence-electron chi connectivity index (χ0n) is 11.0. The van der Waals surface area contributed by atoms with E-state index in [1.807, 2.05) is 0 Å². The van der Waals surface area contributed by atoms with E-state index in [0.717, 1.165) is 9.80 Å². The van der Waals surface area contributed by atoms with Crippen molar-refractivity contribution in [2.45, 2.75) is 0 Å². The highest BCUT2D eigenvalue weighted by Gasteiger charge is 2.36. The maximum atomic E-state index is 12.1. The van der Waals surface area contributed by atoms with Crippen molar-refractivity contribution in [1.29, 1.82) is 0 Å². The van der Waals surface area contributed by atoms with Gasteiger partial charge in [0.2, 0.25) is 5.91 Å². The highest BCUT2D eigenvalue weighted by Crippen LogP contribution is 2.22. The van der Waals surface area contributed by atoms with E-state index >= 15 is 0 Å². The van der Waals surface area contributed by atoms with Gasteiger partial charge in [0, 0.05) is 0 Å². The lowest BCUT2D eigenvalue weighted by Crippen LogP contribution is -2.46. The quantitative estimate of drug-likeness (QED) is 0.656. The van der Waals surface area contributed by atoms with Crippen LogP contribution in [-0.4, -0.2) is 58.4 Å². The van der Waals surface area contributed by atoms with E-state index in [0.29, 0.717) is 0 Å². The molecule has 0 radical (unpaired) electrons. The normalized spacial score (nSPS) is 13.7. The molecule has 110 valence electrons. The number of primary amides is 1. The number of rotatable bonds is 6. The first-order chi connectivity index (χ1) is 9.90. The van der Waals surface area contributed by atoms with Gasteiger partial charge in [-0.05, 0) is 12.1 Å². The number of carbonyl (C=O) groups excluding carboxylic acids is 3. The van der Waals surface area contributed by atoms with Gasteiger partial charge in [-0.25, -0.2) is 0 Å². The fraction of sp³-hybridized carbons (Fsp3) is 0.231. The predicted octanol–water partition coefficient (Wildman–Crippen LogP) is -0.888. The van der Waals surface area contributed by atoms with Crippen molar-refractivity contribution in [3.8, 4) is 0 Å². The summed E-state index contributed by atoms with van der Waals surface area (Å²) in [6.45, 7) is -1.17. The summed E-state index contributed by atoms with van der Waals surface area (Å²) in [7, 11) is 0. The first-order valence-corrected chi connectivity index (χ1v) is 6.08. The van der Waals surface area contributed by atoms with Crippen molar-refractivity contribution in [1.82, 2.24) is 9.80 Å². The summed E-state index contributed by atoms with van der Waals surface area (Å²) in [5.41, 5.74) is 5.56. The number of carbonyl (C=O) groups is 4. The molecule has 0 unspecified atom stereocenters. The summed E-state index contributed by atoms with van der Waals surface area (Å²) in [5.74, 6) is -2.97. The summed E-state index contributed by atoms with van der Waals surface area (Å²) >= 11 is 0. The Morgan fingerprint density at radius 3 is 2.05 bits per heavy atom. The van der Waals surface area contributed by atoms with Gasteiger partial charge in [0.05, 0.1) is 30.9 Å². The van der Waals surface area contributed by atoms with Gasteiger partial charge in [-0.15, -0.1) is 0 Å². The monoisotopic (exact) mass is 291 g/mol. The van der Waals surface area contributed by atoms with Gasteiger partial charge in [-0.3, -0.25) is 29.0 Å². The fourth-order valence-corrected chi connectivity index (χ4v) is 2.14. The van der Waals surface area contributed by atoms with Gasteiger partial charge in [-0.2, -0.15) is 0 Å². The Kier molecular flexibility index (Phi) is 3.99. The lowest BCUT2D eigenvalue weighted by Gasteiger charge is -2.23. The van der Waals surface area contributed by atoms with Gasteiger partial charge in [0.1, 0.15) is 0 Å². The molecule has 8 nitrogen and oxygen atoms in total. The molecule has 0 bridgehead atoms. The van der Waals surface area contributed by atoms with Crippen LogP contribution in [0.15, 0.2) is 24.3 Å². The molecule has 0 aromatic heterocycles. The number of aliphatic carboxylic acids is 1. The number of nitrogens with two attached hydrogens (primary N) is 1. The lowest BCUT2D eigenvalue weighted by atomic mass is 10.1. The molecule has 0 atom stereocenters. The molecule has 1 aliphatic rings. The summed E-state index contributed by atoms with van der Waals surface area (Å²) in [4.78, 5) is 48.0. The third-order valence-corrected chi connectivity index (χ3v) is 2.96. The molecular formula is C13H13N3O5. The predicted molar refractivity (Wildman–Crippen MR) is 70.2 cm³/mol. The highest BCUT2D eigenvalue weighted by molar-refractivity contribution is 6.21. The average Bonchev–Trinajstić information content (AvgIpc) is 2.63. The Morgan fingerprint density at radius 2 is 1.62 bits per heavy atom. The molecule has 0 fully saturated rings. The second kappa shape index (κ2) is 5.71. The molecule has 3 N–H and O–H groups in total. The first-order valence-electron chi connectivity index (χ1n) is 6.08.